The molecule has 0 radical (unpaired) electrons. The number of allylic oxidation sites excluding steroid dienone is 6. The molecule has 99 heavy (non-hydrogen) atoms. The number of hydrogen-bond donors (Lipinski definition) is 2. The molecule has 3 N–H and O–H groups in total. The van der Waals surface area contributed by atoms with E-state index in [-0.39, 0.29) is 38.6 Å². The first kappa shape index (κ1) is 97.2. The zero-order valence-electron chi connectivity index (χ0n) is 66.5. The van der Waals surface area contributed by atoms with Crippen LogP contribution in [0.4, 0.5) is 0 Å². The lowest BCUT2D eigenvalue weighted by atomic mass is 10.0. The van der Waals surface area contributed by atoms with Gasteiger partial charge in [-0.15, -0.1) is 0 Å². The van der Waals surface area contributed by atoms with Crippen molar-refractivity contribution < 1.29 is 37.6 Å². The van der Waals surface area contributed by atoms with Crippen LogP contribution >= 0.6 is 7.82 Å². The summed E-state index contributed by atoms with van der Waals surface area (Å²) >= 11 is 0. The quantitative estimate of drug-likeness (QED) is 0.0264. The Morgan fingerprint density at radius 3 is 0.778 bits per heavy atom. The van der Waals surface area contributed by atoms with E-state index < -0.39 is 26.5 Å². The lowest BCUT2D eigenvalue weighted by Gasteiger charge is -2.19. The van der Waals surface area contributed by atoms with E-state index in [0.29, 0.717) is 6.42 Å². The maximum absolute atomic E-state index is 12.8. The van der Waals surface area contributed by atoms with E-state index in [1.165, 1.54) is 411 Å². The third-order valence-corrected chi connectivity index (χ3v) is 21.5. The second-order valence-corrected chi connectivity index (χ2v) is 31.9. The predicted octanol–water partition coefficient (Wildman–Crippen LogP) is 30.1. The van der Waals surface area contributed by atoms with Gasteiger partial charge in [-0.05, 0) is 51.4 Å². The Balaban J connectivity index is 3.69. The molecule has 0 spiro atoms. The van der Waals surface area contributed by atoms with Crippen LogP contribution in [0.1, 0.15) is 489 Å². The molecule has 0 saturated carbocycles. The maximum atomic E-state index is 12.8. The molecule has 2 unspecified atom stereocenters. The number of phosphoric acid groups is 1. The second-order valence-electron chi connectivity index (χ2n) is 30.5. The maximum Gasteiger partial charge on any atom is 0.472 e. The first-order valence-electron chi connectivity index (χ1n) is 44.5. The fourth-order valence-electron chi connectivity index (χ4n) is 13.9. The molecule has 0 amide bonds. The Morgan fingerprint density at radius 2 is 0.525 bits per heavy atom. The van der Waals surface area contributed by atoms with E-state index in [2.05, 4.69) is 50.3 Å². The van der Waals surface area contributed by atoms with Gasteiger partial charge in [-0.1, -0.05) is 461 Å². The molecule has 0 rings (SSSR count). The third-order valence-electron chi connectivity index (χ3n) is 20.5. The zero-order valence-corrected chi connectivity index (χ0v) is 67.4. The highest BCUT2D eigenvalue weighted by Gasteiger charge is 2.26. The first-order valence-corrected chi connectivity index (χ1v) is 46.0. The normalized spacial score (nSPS) is 12.9. The molecule has 9 nitrogen and oxygen atoms in total. The number of rotatable bonds is 86. The summed E-state index contributed by atoms with van der Waals surface area (Å²) < 4.78 is 33.3. The number of esters is 2. The Bertz CT molecular complexity index is 1720. The minimum atomic E-state index is -4.40. The molecular formula is C89H172NO8P. The molecule has 0 bridgehead atoms. The minimum Gasteiger partial charge on any atom is -0.462 e. The summed E-state index contributed by atoms with van der Waals surface area (Å²) in [6.07, 6.45) is 111. The van der Waals surface area contributed by atoms with Gasteiger partial charge in [0, 0.05) is 19.4 Å². The molecule has 0 aliphatic carbocycles. The van der Waals surface area contributed by atoms with Crippen molar-refractivity contribution in [2.24, 2.45) is 5.73 Å². The second kappa shape index (κ2) is 85.2. The van der Waals surface area contributed by atoms with Crippen molar-refractivity contribution in [3.63, 3.8) is 0 Å². The monoisotopic (exact) mass is 1410 g/mol. The molecule has 0 aromatic heterocycles. The minimum absolute atomic E-state index is 0.0571. The number of unbranched alkanes of at least 4 members (excludes halogenated alkanes) is 67. The molecule has 0 aliphatic heterocycles. The summed E-state index contributed by atoms with van der Waals surface area (Å²) in [6, 6.07) is 0. The summed E-state index contributed by atoms with van der Waals surface area (Å²) in [5.41, 5.74) is 5.43. The molecule has 2 atom stereocenters. The summed E-state index contributed by atoms with van der Waals surface area (Å²) in [5, 5.41) is 0. The van der Waals surface area contributed by atoms with E-state index in [1.807, 2.05) is 0 Å². The SMILES string of the molecule is CCCCCCC/C=C\C/C=C\C/C=C\CCCCCCCCCCCCCCCCCCCCCCCCCCC(=O)OC(COC(=O)CCCCCCCCCCCCCCCCCCCCCCCCCCCCCCCCCCCCCCCCC)COP(=O)(O)OCCN. The van der Waals surface area contributed by atoms with Gasteiger partial charge in [-0.2, -0.15) is 0 Å². The van der Waals surface area contributed by atoms with Crippen LogP contribution in [0.2, 0.25) is 0 Å². The van der Waals surface area contributed by atoms with Gasteiger partial charge in [0.15, 0.2) is 6.10 Å². The van der Waals surface area contributed by atoms with Crippen LogP contribution in [0.3, 0.4) is 0 Å². The highest BCUT2D eigenvalue weighted by molar-refractivity contribution is 7.47. The van der Waals surface area contributed by atoms with Crippen LogP contribution < -0.4 is 5.73 Å². The summed E-state index contributed by atoms with van der Waals surface area (Å²) in [6.45, 7) is 3.83. The molecule has 10 heteroatoms. The van der Waals surface area contributed by atoms with E-state index in [1.54, 1.807) is 0 Å². The van der Waals surface area contributed by atoms with Gasteiger partial charge >= 0.3 is 19.8 Å². The summed E-state index contributed by atoms with van der Waals surface area (Å²) in [7, 11) is -4.40. The number of carbonyl (C=O) groups is 2. The van der Waals surface area contributed by atoms with Gasteiger partial charge in [-0.25, -0.2) is 4.57 Å². The molecule has 0 fully saturated rings. The van der Waals surface area contributed by atoms with Gasteiger partial charge in [0.2, 0.25) is 0 Å². The van der Waals surface area contributed by atoms with Gasteiger partial charge in [0.05, 0.1) is 13.2 Å². The number of carbonyl (C=O) groups excluding carboxylic acids is 2. The topological polar surface area (TPSA) is 134 Å². The molecule has 586 valence electrons. The number of phosphoric ester groups is 1. The van der Waals surface area contributed by atoms with Gasteiger partial charge in [-0.3, -0.25) is 18.6 Å². The van der Waals surface area contributed by atoms with Crippen LogP contribution in [-0.2, 0) is 32.7 Å². The van der Waals surface area contributed by atoms with Crippen LogP contribution in [0, 0.1) is 0 Å². The Morgan fingerprint density at radius 1 is 0.303 bits per heavy atom. The lowest BCUT2D eigenvalue weighted by molar-refractivity contribution is -0.161. The Hall–Kier alpha value is -1.77. The van der Waals surface area contributed by atoms with Crippen molar-refractivity contribution >= 4 is 19.8 Å². The van der Waals surface area contributed by atoms with E-state index in [4.69, 9.17) is 24.3 Å². The van der Waals surface area contributed by atoms with E-state index in [9.17, 15) is 19.0 Å². The molecule has 0 heterocycles. The molecule has 0 aliphatic rings. The summed E-state index contributed by atoms with van der Waals surface area (Å²) in [5.74, 6) is -0.797. The molecule has 0 aromatic carbocycles. The van der Waals surface area contributed by atoms with E-state index >= 15 is 0 Å². The van der Waals surface area contributed by atoms with Gasteiger partial charge < -0.3 is 20.1 Å². The fourth-order valence-corrected chi connectivity index (χ4v) is 14.7. The molecule has 0 saturated heterocycles. The van der Waals surface area contributed by atoms with Gasteiger partial charge in [0.25, 0.3) is 0 Å². The van der Waals surface area contributed by atoms with Crippen LogP contribution in [0.25, 0.3) is 0 Å². The van der Waals surface area contributed by atoms with Crippen molar-refractivity contribution in [2.45, 2.75) is 495 Å². The van der Waals surface area contributed by atoms with Crippen molar-refractivity contribution in [3.05, 3.63) is 36.5 Å². The highest BCUT2D eigenvalue weighted by atomic mass is 31.2. The van der Waals surface area contributed by atoms with Crippen LogP contribution in [0.15, 0.2) is 36.5 Å². The lowest BCUT2D eigenvalue weighted by Crippen LogP contribution is -2.29. The van der Waals surface area contributed by atoms with Crippen LogP contribution in [0.5, 0.6) is 0 Å². The smallest absolute Gasteiger partial charge is 0.462 e. The third kappa shape index (κ3) is 85.1. The van der Waals surface area contributed by atoms with Crippen LogP contribution in [-0.4, -0.2) is 49.3 Å². The summed E-state index contributed by atoms with van der Waals surface area (Å²) in [4.78, 5) is 35.5. The zero-order chi connectivity index (χ0) is 71.5. The number of ether oxygens (including phenoxy) is 2. The largest absolute Gasteiger partial charge is 0.472 e. The Labute approximate surface area is 617 Å². The number of nitrogens with two attached hydrogens (primary N) is 1. The highest BCUT2D eigenvalue weighted by Crippen LogP contribution is 2.43. The van der Waals surface area contributed by atoms with E-state index in [0.717, 1.165) is 44.9 Å². The molecular weight excluding hydrogens is 1240 g/mol. The van der Waals surface area contributed by atoms with Crippen molar-refractivity contribution in [1.82, 2.24) is 0 Å². The van der Waals surface area contributed by atoms with Crippen molar-refractivity contribution in [1.29, 1.82) is 0 Å². The van der Waals surface area contributed by atoms with Crippen molar-refractivity contribution in [3.8, 4) is 0 Å². The standard InChI is InChI=1S/C89H172NO8P/c1-3-5-7-9-11-13-15-17-19-21-23-25-27-29-31-33-35-37-39-41-43-45-47-49-51-53-55-57-59-61-63-65-67-69-71-73-75-77-79-81-88(91)95-85-87(86-97-99(93,94)96-84-83-90)98-89(92)82-80-78-76-74-72-70-68-66-64-62-60-58-56-54-52-50-48-46-44-42-40-38-36-34-32-30-28-26-24-22-20-18-16-14-12-10-8-6-4-2/h16,18,22,24,28,30,87H,3-15,17,19-21,23,25-27,29,31-86,90H2,1-2H3,(H,93,94)/b18-16-,24-22-,30-28-. The average molecular weight is 1420 g/mol. The Kier molecular flexibility index (Phi) is 83.6. The molecule has 0 aromatic rings. The average Bonchev–Trinajstić information content (AvgIpc) is 1.35. The number of hydrogen-bond acceptors (Lipinski definition) is 8. The van der Waals surface area contributed by atoms with Crippen molar-refractivity contribution in [2.75, 3.05) is 26.4 Å². The first-order chi connectivity index (χ1) is 48.8. The fraction of sp³-hybridized carbons (Fsp3) is 0.910. The van der Waals surface area contributed by atoms with Gasteiger partial charge in [0.1, 0.15) is 6.61 Å². The predicted molar refractivity (Wildman–Crippen MR) is 432 cm³/mol.